The van der Waals surface area contributed by atoms with Crippen LogP contribution in [0.3, 0.4) is 0 Å². The van der Waals surface area contributed by atoms with Gasteiger partial charge in [-0.05, 0) is 12.8 Å². The van der Waals surface area contributed by atoms with E-state index in [9.17, 15) is 4.79 Å². The Hall–Kier alpha value is -1.10. The molecule has 5 N–H and O–H groups in total. The van der Waals surface area contributed by atoms with Crippen LogP contribution in [0.4, 0.5) is 0 Å². The van der Waals surface area contributed by atoms with Crippen molar-refractivity contribution in [3.8, 4) is 0 Å². The summed E-state index contributed by atoms with van der Waals surface area (Å²) < 4.78 is 0. The average molecular weight is 200 g/mol. The van der Waals surface area contributed by atoms with E-state index in [0.29, 0.717) is 12.6 Å². The highest BCUT2D eigenvalue weighted by atomic mass is 16.1. The average Bonchev–Trinajstić information content (AvgIpc) is 2.09. The third-order valence-electron chi connectivity index (χ3n) is 1.68. The van der Waals surface area contributed by atoms with Gasteiger partial charge < -0.3 is 21.6 Å². The zero-order valence-corrected chi connectivity index (χ0v) is 8.86. The summed E-state index contributed by atoms with van der Waals surface area (Å²) in [4.78, 5) is 14.5. The molecule has 0 amide bonds. The van der Waals surface area contributed by atoms with Gasteiger partial charge in [0.15, 0.2) is 5.96 Å². The Balaban J connectivity index is 3.63. The Bertz CT molecular complexity index is 187. The van der Waals surface area contributed by atoms with E-state index in [4.69, 9.17) is 11.5 Å². The number of carbonyl (C=O) groups is 1. The SMILES string of the molecule is CC(C)NC(C=O)CCCN=C(N)N. The number of nitrogens with one attached hydrogen (secondary N) is 1. The molecule has 0 radical (unpaired) electrons. The van der Waals surface area contributed by atoms with Crippen molar-refractivity contribution in [2.45, 2.75) is 38.8 Å². The van der Waals surface area contributed by atoms with Gasteiger partial charge in [0.05, 0.1) is 6.04 Å². The summed E-state index contributed by atoms with van der Waals surface area (Å²) >= 11 is 0. The second-order valence-electron chi connectivity index (χ2n) is 3.51. The summed E-state index contributed by atoms with van der Waals surface area (Å²) in [6.45, 7) is 4.59. The quantitative estimate of drug-likeness (QED) is 0.226. The Morgan fingerprint density at radius 3 is 2.57 bits per heavy atom. The van der Waals surface area contributed by atoms with Crippen molar-refractivity contribution in [1.82, 2.24) is 5.32 Å². The number of hydrogen-bond donors (Lipinski definition) is 3. The molecule has 0 aromatic carbocycles. The van der Waals surface area contributed by atoms with Crippen molar-refractivity contribution in [2.24, 2.45) is 16.5 Å². The van der Waals surface area contributed by atoms with Crippen LogP contribution >= 0.6 is 0 Å². The van der Waals surface area contributed by atoms with E-state index in [1.54, 1.807) is 0 Å². The molecule has 0 spiro atoms. The minimum absolute atomic E-state index is 0.0933. The molecule has 0 aromatic rings. The van der Waals surface area contributed by atoms with Crippen LogP contribution in [0.15, 0.2) is 4.99 Å². The lowest BCUT2D eigenvalue weighted by atomic mass is 10.1. The highest BCUT2D eigenvalue weighted by molar-refractivity contribution is 5.75. The molecule has 0 aliphatic carbocycles. The van der Waals surface area contributed by atoms with Crippen LogP contribution in [0, 0.1) is 0 Å². The van der Waals surface area contributed by atoms with E-state index in [1.165, 1.54) is 0 Å². The van der Waals surface area contributed by atoms with Gasteiger partial charge in [-0.3, -0.25) is 4.99 Å². The smallest absolute Gasteiger partial charge is 0.185 e. The minimum atomic E-state index is -0.0933. The molecule has 0 bridgehead atoms. The molecule has 0 fully saturated rings. The second kappa shape index (κ2) is 7.32. The first-order valence-corrected chi connectivity index (χ1v) is 4.83. The van der Waals surface area contributed by atoms with Crippen molar-refractivity contribution in [1.29, 1.82) is 0 Å². The number of carbonyl (C=O) groups excluding carboxylic acids is 1. The van der Waals surface area contributed by atoms with E-state index in [1.807, 2.05) is 13.8 Å². The predicted octanol–water partition coefficient (Wildman–Crippen LogP) is -0.394. The number of hydrogen-bond acceptors (Lipinski definition) is 3. The fraction of sp³-hybridized carbons (Fsp3) is 0.778. The summed E-state index contributed by atoms with van der Waals surface area (Å²) in [5.74, 6) is 0.101. The van der Waals surface area contributed by atoms with Crippen molar-refractivity contribution in [2.75, 3.05) is 6.54 Å². The summed E-state index contributed by atoms with van der Waals surface area (Å²) in [5.41, 5.74) is 10.3. The first-order chi connectivity index (χ1) is 6.56. The van der Waals surface area contributed by atoms with E-state index in [2.05, 4.69) is 10.3 Å². The molecular weight excluding hydrogens is 180 g/mol. The molecule has 0 heterocycles. The zero-order valence-electron chi connectivity index (χ0n) is 8.86. The number of nitrogens with two attached hydrogens (primary N) is 2. The Morgan fingerprint density at radius 1 is 1.50 bits per heavy atom. The zero-order chi connectivity index (χ0) is 11.0. The van der Waals surface area contributed by atoms with Crippen LogP contribution in [-0.2, 0) is 4.79 Å². The molecule has 0 aliphatic rings. The number of aliphatic imine (C=N–C) groups is 1. The molecule has 0 aromatic heterocycles. The first-order valence-electron chi connectivity index (χ1n) is 4.83. The van der Waals surface area contributed by atoms with Crippen LogP contribution in [-0.4, -0.2) is 30.9 Å². The van der Waals surface area contributed by atoms with Crippen molar-refractivity contribution in [3.05, 3.63) is 0 Å². The maximum atomic E-state index is 10.6. The highest BCUT2D eigenvalue weighted by Crippen LogP contribution is 1.96. The standard InChI is InChI=1S/C9H20N4O/c1-7(2)13-8(6-14)4-3-5-12-9(10)11/h6-8,13H,3-5H2,1-2H3,(H4,10,11,12). The Morgan fingerprint density at radius 2 is 2.14 bits per heavy atom. The molecule has 0 aliphatic heterocycles. The summed E-state index contributed by atoms with van der Waals surface area (Å²) in [5, 5.41) is 3.14. The molecule has 0 rings (SSSR count). The van der Waals surface area contributed by atoms with Gasteiger partial charge in [0.25, 0.3) is 0 Å². The van der Waals surface area contributed by atoms with Crippen molar-refractivity contribution in [3.63, 3.8) is 0 Å². The lowest BCUT2D eigenvalue weighted by Gasteiger charge is -2.14. The molecule has 14 heavy (non-hydrogen) atoms. The van der Waals surface area contributed by atoms with Crippen LogP contribution in [0.1, 0.15) is 26.7 Å². The maximum Gasteiger partial charge on any atom is 0.185 e. The number of nitrogens with zero attached hydrogens (tertiary/aromatic N) is 1. The molecule has 1 atom stereocenters. The first kappa shape index (κ1) is 12.9. The number of guanidine groups is 1. The van der Waals surface area contributed by atoms with E-state index >= 15 is 0 Å². The third kappa shape index (κ3) is 7.54. The minimum Gasteiger partial charge on any atom is -0.370 e. The van der Waals surface area contributed by atoms with Crippen LogP contribution in [0.25, 0.3) is 0 Å². The van der Waals surface area contributed by atoms with Crippen LogP contribution in [0.2, 0.25) is 0 Å². The molecule has 5 heteroatoms. The normalized spacial score (nSPS) is 12.5. The Labute approximate surface area is 84.9 Å². The fourth-order valence-electron chi connectivity index (χ4n) is 1.14. The van der Waals surface area contributed by atoms with Gasteiger partial charge in [-0.2, -0.15) is 0 Å². The fourth-order valence-corrected chi connectivity index (χ4v) is 1.14. The van der Waals surface area contributed by atoms with Gasteiger partial charge in [-0.1, -0.05) is 13.8 Å². The van der Waals surface area contributed by atoms with Crippen LogP contribution < -0.4 is 16.8 Å². The second-order valence-corrected chi connectivity index (χ2v) is 3.51. The topological polar surface area (TPSA) is 93.5 Å². The monoisotopic (exact) mass is 200 g/mol. The molecule has 0 saturated heterocycles. The Kier molecular flexibility index (Phi) is 6.74. The summed E-state index contributed by atoms with van der Waals surface area (Å²) in [6.07, 6.45) is 2.50. The predicted molar refractivity (Wildman–Crippen MR) is 58.0 cm³/mol. The number of aldehydes is 1. The molecule has 82 valence electrons. The lowest BCUT2D eigenvalue weighted by Crippen LogP contribution is -2.36. The van der Waals surface area contributed by atoms with E-state index < -0.39 is 0 Å². The lowest BCUT2D eigenvalue weighted by molar-refractivity contribution is -0.109. The van der Waals surface area contributed by atoms with Crippen LogP contribution in [0.5, 0.6) is 0 Å². The summed E-state index contributed by atoms with van der Waals surface area (Å²) in [7, 11) is 0. The van der Waals surface area contributed by atoms with E-state index in [0.717, 1.165) is 19.1 Å². The van der Waals surface area contributed by atoms with Gasteiger partial charge >= 0.3 is 0 Å². The number of rotatable bonds is 7. The maximum absolute atomic E-state index is 10.6. The van der Waals surface area contributed by atoms with Gasteiger partial charge in [-0.25, -0.2) is 0 Å². The van der Waals surface area contributed by atoms with Gasteiger partial charge in [-0.15, -0.1) is 0 Å². The van der Waals surface area contributed by atoms with Gasteiger partial charge in [0.2, 0.25) is 0 Å². The van der Waals surface area contributed by atoms with Gasteiger partial charge in [0, 0.05) is 12.6 Å². The summed E-state index contributed by atoms with van der Waals surface area (Å²) in [6, 6.07) is 0.220. The third-order valence-corrected chi connectivity index (χ3v) is 1.68. The van der Waals surface area contributed by atoms with Gasteiger partial charge in [0.1, 0.15) is 6.29 Å². The molecule has 1 unspecified atom stereocenters. The van der Waals surface area contributed by atoms with Crippen molar-refractivity contribution < 1.29 is 4.79 Å². The molecule has 5 nitrogen and oxygen atoms in total. The van der Waals surface area contributed by atoms with Crippen molar-refractivity contribution >= 4 is 12.2 Å². The highest BCUT2D eigenvalue weighted by Gasteiger charge is 2.06. The molecule has 0 saturated carbocycles. The largest absolute Gasteiger partial charge is 0.370 e. The van der Waals surface area contributed by atoms with E-state index in [-0.39, 0.29) is 12.0 Å². The molecular formula is C9H20N4O.